The first kappa shape index (κ1) is 28.4. The minimum atomic E-state index is -0.604. The van der Waals surface area contributed by atoms with Crippen LogP contribution in [-0.2, 0) is 30.1 Å². The van der Waals surface area contributed by atoms with Crippen LogP contribution in [0.25, 0.3) is 0 Å². The summed E-state index contributed by atoms with van der Waals surface area (Å²) in [4.78, 5) is 24.1. The highest BCUT2D eigenvalue weighted by Gasteiger charge is 2.31. The van der Waals surface area contributed by atoms with E-state index in [2.05, 4.69) is 41.5 Å². The van der Waals surface area contributed by atoms with E-state index in [1.165, 1.54) is 0 Å². The SMILES string of the molecule is CC(CC(C)(C)OOC(C)(C)C)OC(=O)C(C)c1cc(C(C)(C)C)c(O)c(C(C)(C)C)c1. The van der Waals surface area contributed by atoms with Crippen LogP contribution < -0.4 is 0 Å². The van der Waals surface area contributed by atoms with Crippen LogP contribution in [0, 0.1) is 0 Å². The predicted molar refractivity (Wildman–Crippen MR) is 130 cm³/mol. The van der Waals surface area contributed by atoms with E-state index in [1.807, 2.05) is 60.6 Å². The monoisotopic (exact) mass is 450 g/mol. The number of hydrogen-bond acceptors (Lipinski definition) is 5. The van der Waals surface area contributed by atoms with Gasteiger partial charge in [0.2, 0.25) is 0 Å². The predicted octanol–water partition coefficient (Wildman–Crippen LogP) is 6.94. The van der Waals surface area contributed by atoms with Crippen LogP contribution in [-0.4, -0.2) is 28.4 Å². The van der Waals surface area contributed by atoms with Crippen molar-refractivity contribution in [2.45, 2.75) is 130 Å². The van der Waals surface area contributed by atoms with Crippen molar-refractivity contribution in [3.8, 4) is 5.75 Å². The normalized spacial score (nSPS) is 15.4. The summed E-state index contributed by atoms with van der Waals surface area (Å²) in [6, 6.07) is 3.87. The molecular weight excluding hydrogens is 404 g/mol. The molecule has 5 heteroatoms. The van der Waals surface area contributed by atoms with E-state index in [1.54, 1.807) is 0 Å². The topological polar surface area (TPSA) is 65.0 Å². The number of phenolic OH excluding ortho intramolecular Hbond substituents is 1. The molecule has 0 aromatic heterocycles. The van der Waals surface area contributed by atoms with Crippen molar-refractivity contribution in [3.63, 3.8) is 0 Å². The van der Waals surface area contributed by atoms with Gasteiger partial charge in [0.25, 0.3) is 0 Å². The van der Waals surface area contributed by atoms with Crippen molar-refractivity contribution < 1.29 is 24.4 Å². The summed E-state index contributed by atoms with van der Waals surface area (Å²) in [6.07, 6.45) is 0.155. The Morgan fingerprint density at radius 2 is 1.28 bits per heavy atom. The van der Waals surface area contributed by atoms with Crippen LogP contribution >= 0.6 is 0 Å². The van der Waals surface area contributed by atoms with Crippen LogP contribution in [0.3, 0.4) is 0 Å². The summed E-state index contributed by atoms with van der Waals surface area (Å²) < 4.78 is 5.78. The number of esters is 1. The number of carbonyl (C=O) groups is 1. The van der Waals surface area contributed by atoms with E-state index >= 15 is 0 Å². The third-order valence-electron chi connectivity index (χ3n) is 5.22. The maximum absolute atomic E-state index is 13.0. The van der Waals surface area contributed by atoms with E-state index in [-0.39, 0.29) is 22.9 Å². The van der Waals surface area contributed by atoms with Gasteiger partial charge >= 0.3 is 5.97 Å². The minimum Gasteiger partial charge on any atom is -0.507 e. The fraction of sp³-hybridized carbons (Fsp3) is 0.741. The molecule has 0 radical (unpaired) electrons. The van der Waals surface area contributed by atoms with Gasteiger partial charge in [0, 0.05) is 6.42 Å². The number of benzene rings is 1. The molecule has 0 amide bonds. The zero-order chi connectivity index (χ0) is 25.3. The van der Waals surface area contributed by atoms with Gasteiger partial charge in [-0.2, -0.15) is 0 Å². The first-order valence-corrected chi connectivity index (χ1v) is 11.6. The van der Waals surface area contributed by atoms with Gasteiger partial charge in [0.05, 0.1) is 11.5 Å². The van der Waals surface area contributed by atoms with Crippen molar-refractivity contribution in [3.05, 3.63) is 28.8 Å². The Hall–Kier alpha value is -1.59. The fourth-order valence-corrected chi connectivity index (χ4v) is 3.49. The highest BCUT2D eigenvalue weighted by Crippen LogP contribution is 2.41. The zero-order valence-corrected chi connectivity index (χ0v) is 22.6. The Morgan fingerprint density at radius 3 is 1.66 bits per heavy atom. The largest absolute Gasteiger partial charge is 0.507 e. The summed E-state index contributed by atoms with van der Waals surface area (Å²) in [6.45, 7) is 25.7. The third kappa shape index (κ3) is 8.40. The average Bonchev–Trinajstić information content (AvgIpc) is 2.56. The average molecular weight is 451 g/mol. The number of ether oxygens (including phenoxy) is 1. The molecule has 184 valence electrons. The summed E-state index contributed by atoms with van der Waals surface area (Å²) in [5, 5.41) is 10.9. The molecule has 1 aromatic carbocycles. The molecule has 0 spiro atoms. The van der Waals surface area contributed by atoms with E-state index in [4.69, 9.17) is 14.5 Å². The lowest BCUT2D eigenvalue weighted by Crippen LogP contribution is -2.35. The molecule has 1 aromatic rings. The highest BCUT2D eigenvalue weighted by molar-refractivity contribution is 5.78. The van der Waals surface area contributed by atoms with Gasteiger partial charge in [-0.05, 0) is 76.0 Å². The molecule has 0 heterocycles. The van der Waals surface area contributed by atoms with Gasteiger partial charge in [-0.1, -0.05) is 53.7 Å². The molecule has 0 saturated carbocycles. The van der Waals surface area contributed by atoms with E-state index in [0.29, 0.717) is 12.2 Å². The highest BCUT2D eigenvalue weighted by atomic mass is 17.2. The Balaban J connectivity index is 3.07. The standard InChI is InChI=1S/C27H46O5/c1-17(16-27(12,13)32-31-26(9,10)11)30-23(29)18(2)19-14-20(24(3,4)5)22(28)21(15-19)25(6,7)8/h14-15,17-18,28H,16H2,1-13H3. The second-order valence-corrected chi connectivity index (χ2v) is 12.7. The zero-order valence-electron chi connectivity index (χ0n) is 22.6. The van der Waals surface area contributed by atoms with Crippen LogP contribution in [0.2, 0.25) is 0 Å². The Morgan fingerprint density at radius 1 is 0.844 bits per heavy atom. The quantitative estimate of drug-likeness (QED) is 0.277. The molecule has 0 fully saturated rings. The van der Waals surface area contributed by atoms with Crippen molar-refractivity contribution >= 4 is 5.97 Å². The smallest absolute Gasteiger partial charge is 0.313 e. The molecule has 5 nitrogen and oxygen atoms in total. The second-order valence-electron chi connectivity index (χ2n) is 12.7. The molecule has 0 aliphatic heterocycles. The van der Waals surface area contributed by atoms with Crippen molar-refractivity contribution in [2.24, 2.45) is 0 Å². The van der Waals surface area contributed by atoms with Gasteiger partial charge in [0.1, 0.15) is 17.5 Å². The van der Waals surface area contributed by atoms with Crippen LogP contribution in [0.4, 0.5) is 0 Å². The maximum Gasteiger partial charge on any atom is 0.313 e. The lowest BCUT2D eigenvalue weighted by atomic mass is 9.77. The summed E-state index contributed by atoms with van der Waals surface area (Å²) in [7, 11) is 0. The Labute approximate surface area is 195 Å². The van der Waals surface area contributed by atoms with Gasteiger partial charge in [-0.15, -0.1) is 0 Å². The molecular formula is C27H46O5. The van der Waals surface area contributed by atoms with Crippen molar-refractivity contribution in [1.29, 1.82) is 0 Å². The van der Waals surface area contributed by atoms with E-state index in [9.17, 15) is 9.90 Å². The molecule has 0 bridgehead atoms. The van der Waals surface area contributed by atoms with E-state index < -0.39 is 17.1 Å². The second kappa shape index (κ2) is 9.72. The number of phenols is 1. The van der Waals surface area contributed by atoms with Crippen LogP contribution in [0.1, 0.15) is 119 Å². The Bertz CT molecular complexity index is 753. The van der Waals surface area contributed by atoms with Gasteiger partial charge in [-0.3, -0.25) is 4.79 Å². The van der Waals surface area contributed by atoms with Gasteiger partial charge in [-0.25, -0.2) is 9.78 Å². The number of hydrogen-bond donors (Lipinski definition) is 1. The Kier molecular flexibility index (Phi) is 8.64. The lowest BCUT2D eigenvalue weighted by molar-refractivity contribution is -0.399. The number of aromatic hydroxyl groups is 1. The van der Waals surface area contributed by atoms with E-state index in [0.717, 1.165) is 16.7 Å². The molecule has 0 saturated heterocycles. The summed E-state index contributed by atoms with van der Waals surface area (Å²) in [5.74, 6) is -0.453. The van der Waals surface area contributed by atoms with Crippen LogP contribution in [0.5, 0.6) is 5.75 Å². The lowest BCUT2D eigenvalue weighted by Gasteiger charge is -2.31. The van der Waals surface area contributed by atoms with Gasteiger partial charge < -0.3 is 9.84 Å². The fourth-order valence-electron chi connectivity index (χ4n) is 3.49. The molecule has 2 unspecified atom stereocenters. The first-order chi connectivity index (χ1) is 14.1. The van der Waals surface area contributed by atoms with Gasteiger partial charge in [0.15, 0.2) is 0 Å². The molecule has 0 aliphatic rings. The minimum absolute atomic E-state index is 0.259. The van der Waals surface area contributed by atoms with Crippen molar-refractivity contribution in [1.82, 2.24) is 0 Å². The van der Waals surface area contributed by atoms with Crippen molar-refractivity contribution in [2.75, 3.05) is 0 Å². The summed E-state index contributed by atoms with van der Waals surface area (Å²) >= 11 is 0. The molecule has 1 rings (SSSR count). The first-order valence-electron chi connectivity index (χ1n) is 11.6. The molecule has 2 atom stereocenters. The molecule has 1 N–H and O–H groups in total. The number of rotatable bonds is 7. The molecule has 0 aliphatic carbocycles. The van der Waals surface area contributed by atoms with Crippen LogP contribution in [0.15, 0.2) is 12.1 Å². The summed E-state index contributed by atoms with van der Waals surface area (Å²) in [5.41, 5.74) is 0.981. The number of carbonyl (C=O) groups excluding carboxylic acids is 1. The molecule has 32 heavy (non-hydrogen) atoms. The maximum atomic E-state index is 13.0. The third-order valence-corrected chi connectivity index (χ3v) is 5.22.